The van der Waals surface area contributed by atoms with Crippen LogP contribution in [-0.2, 0) is 34.5 Å². The number of amides is 2. The Morgan fingerprint density at radius 1 is 0.925 bits per heavy atom. The number of pyridine rings is 1. The molecule has 0 radical (unpaired) electrons. The molecule has 12 heteroatoms. The summed E-state index contributed by atoms with van der Waals surface area (Å²) in [4.78, 5) is 58.5. The molecule has 0 saturated carbocycles. The SMILES string of the molecule is COc1cc(-c2cn(C)c(=O)c3c2C=NC3)cc(OC)c1CN1CCC(CC(=O)CN2CCC(c3ccc(NC4CCC(=O)NC4=O)cc3)CC2)CC1. The number of ether oxygens (including phenoxy) is 2. The molecule has 1 atom stereocenters. The Morgan fingerprint density at radius 3 is 2.26 bits per heavy atom. The van der Waals surface area contributed by atoms with Crippen molar-refractivity contribution in [1.82, 2.24) is 19.7 Å². The molecule has 1 aromatic heterocycles. The van der Waals surface area contributed by atoms with E-state index in [0.29, 0.717) is 62.1 Å². The van der Waals surface area contributed by atoms with Crippen LogP contribution in [0.4, 0.5) is 5.69 Å². The molecule has 3 saturated heterocycles. The van der Waals surface area contributed by atoms with Crippen molar-refractivity contribution < 1.29 is 23.9 Å². The Balaban J connectivity index is 0.871. The maximum Gasteiger partial charge on any atom is 0.256 e. The highest BCUT2D eigenvalue weighted by Gasteiger charge is 2.29. The summed E-state index contributed by atoms with van der Waals surface area (Å²) in [5.74, 6) is 2.19. The number of anilines is 1. The number of imide groups is 1. The number of benzene rings is 2. The molecule has 4 aliphatic heterocycles. The van der Waals surface area contributed by atoms with Crippen molar-refractivity contribution >= 4 is 29.5 Å². The number of methoxy groups -OCH3 is 2. The van der Waals surface area contributed by atoms with Crippen molar-refractivity contribution in [1.29, 1.82) is 0 Å². The highest BCUT2D eigenvalue weighted by Crippen LogP contribution is 2.38. The first-order valence-electron chi connectivity index (χ1n) is 18.8. The predicted octanol–water partition coefficient (Wildman–Crippen LogP) is 4.27. The number of carbonyl (C=O) groups is 3. The number of nitrogens with one attached hydrogen (secondary N) is 2. The third-order valence-electron chi connectivity index (χ3n) is 11.5. The molecule has 0 bridgehead atoms. The van der Waals surface area contributed by atoms with Crippen molar-refractivity contribution in [2.75, 3.05) is 52.3 Å². The molecule has 3 fully saturated rings. The van der Waals surface area contributed by atoms with Crippen molar-refractivity contribution in [2.45, 2.75) is 70.0 Å². The number of piperidine rings is 3. The van der Waals surface area contributed by atoms with E-state index in [0.717, 1.165) is 91.3 Å². The smallest absolute Gasteiger partial charge is 0.256 e. The van der Waals surface area contributed by atoms with Gasteiger partial charge in [0.2, 0.25) is 11.8 Å². The van der Waals surface area contributed by atoms with Crippen LogP contribution < -0.4 is 25.7 Å². The number of carbonyl (C=O) groups excluding carboxylic acids is 3. The number of ketones is 1. The number of fused-ring (bicyclic) bond motifs is 1. The molecule has 7 rings (SSSR count). The van der Waals surface area contributed by atoms with Gasteiger partial charge in [-0.1, -0.05) is 12.1 Å². The number of aromatic nitrogens is 1. The molecular weight excluding hydrogens is 672 g/mol. The van der Waals surface area contributed by atoms with Crippen LogP contribution in [0, 0.1) is 5.92 Å². The van der Waals surface area contributed by atoms with Crippen molar-refractivity contribution in [3.05, 3.63) is 75.2 Å². The lowest BCUT2D eigenvalue weighted by molar-refractivity contribution is -0.133. The Kier molecular flexibility index (Phi) is 11.1. The van der Waals surface area contributed by atoms with Gasteiger partial charge in [-0.25, -0.2) is 0 Å². The van der Waals surface area contributed by atoms with Crippen LogP contribution in [0.5, 0.6) is 11.5 Å². The third kappa shape index (κ3) is 8.23. The van der Waals surface area contributed by atoms with E-state index in [1.54, 1.807) is 32.0 Å². The first-order chi connectivity index (χ1) is 25.7. The number of aliphatic imine (C=N–C) groups is 1. The van der Waals surface area contributed by atoms with Crippen LogP contribution in [-0.4, -0.2) is 91.2 Å². The standard InChI is InChI=1S/C41H50N6O6/c1-45-24-34(32-21-42-22-33(32)41(45)51)29-19-37(52-2)35(38(20-29)53-3)25-47-14-10-26(11-15-47)18-31(48)23-46-16-12-28(13-17-46)27-4-6-30(7-5-27)43-36-8-9-39(49)44-40(36)50/h4-7,19-21,24,26,28,36,43H,8-18,22-23,25H2,1-3H3,(H,44,49,50). The van der Waals surface area contributed by atoms with Crippen LogP contribution in [0.3, 0.4) is 0 Å². The topological polar surface area (TPSA) is 135 Å². The summed E-state index contributed by atoms with van der Waals surface area (Å²) in [6.45, 7) is 5.24. The largest absolute Gasteiger partial charge is 0.496 e. The molecule has 0 aliphatic carbocycles. The van der Waals surface area contributed by atoms with Gasteiger partial charge < -0.3 is 19.4 Å². The van der Waals surface area contributed by atoms with E-state index in [2.05, 4.69) is 37.6 Å². The van der Waals surface area contributed by atoms with E-state index in [1.165, 1.54) is 5.56 Å². The summed E-state index contributed by atoms with van der Waals surface area (Å²) in [5, 5.41) is 5.64. The maximum absolute atomic E-state index is 13.2. The van der Waals surface area contributed by atoms with E-state index < -0.39 is 0 Å². The zero-order valence-corrected chi connectivity index (χ0v) is 31.0. The molecule has 4 aliphatic rings. The molecule has 1 unspecified atom stereocenters. The van der Waals surface area contributed by atoms with Gasteiger partial charge in [0, 0.05) is 61.2 Å². The fourth-order valence-corrected chi connectivity index (χ4v) is 8.38. The summed E-state index contributed by atoms with van der Waals surface area (Å²) in [5.41, 5.74) is 6.54. The second-order valence-corrected chi connectivity index (χ2v) is 15.0. The summed E-state index contributed by atoms with van der Waals surface area (Å²) < 4.78 is 13.4. The fraction of sp³-hybridized carbons (Fsp3) is 0.488. The molecule has 12 nitrogen and oxygen atoms in total. The zero-order valence-electron chi connectivity index (χ0n) is 31.0. The van der Waals surface area contributed by atoms with Gasteiger partial charge >= 0.3 is 0 Å². The summed E-state index contributed by atoms with van der Waals surface area (Å²) in [6.07, 6.45) is 9.11. The van der Waals surface area contributed by atoms with E-state index in [9.17, 15) is 19.2 Å². The van der Waals surface area contributed by atoms with Gasteiger partial charge in [0.05, 0.1) is 32.9 Å². The Labute approximate surface area is 310 Å². The predicted molar refractivity (Wildman–Crippen MR) is 204 cm³/mol. The lowest BCUT2D eigenvalue weighted by atomic mass is 9.88. The van der Waals surface area contributed by atoms with Gasteiger partial charge in [-0.15, -0.1) is 0 Å². The van der Waals surface area contributed by atoms with E-state index in [1.807, 2.05) is 30.5 Å². The number of nitrogens with zero attached hydrogens (tertiary/aromatic N) is 4. The zero-order chi connectivity index (χ0) is 37.1. The molecule has 280 valence electrons. The number of Topliss-reactive ketones (excluding diaryl/α,β-unsaturated/α-hetero) is 1. The second-order valence-electron chi connectivity index (χ2n) is 15.0. The number of rotatable bonds is 12. The van der Waals surface area contributed by atoms with Crippen LogP contribution >= 0.6 is 0 Å². The van der Waals surface area contributed by atoms with Crippen LogP contribution in [0.1, 0.15) is 73.1 Å². The van der Waals surface area contributed by atoms with Crippen molar-refractivity contribution in [3.63, 3.8) is 0 Å². The lowest BCUT2D eigenvalue weighted by Gasteiger charge is -2.34. The number of hydrogen-bond acceptors (Lipinski definition) is 10. The van der Waals surface area contributed by atoms with E-state index >= 15 is 0 Å². The molecule has 2 aromatic carbocycles. The van der Waals surface area contributed by atoms with Gasteiger partial charge in [-0.2, -0.15) is 0 Å². The van der Waals surface area contributed by atoms with Crippen LogP contribution in [0.25, 0.3) is 11.1 Å². The van der Waals surface area contributed by atoms with Crippen LogP contribution in [0.15, 0.2) is 52.4 Å². The van der Waals surface area contributed by atoms with Crippen molar-refractivity contribution in [3.8, 4) is 22.6 Å². The molecule has 5 heterocycles. The lowest BCUT2D eigenvalue weighted by Crippen LogP contribution is -2.47. The minimum atomic E-state index is -0.387. The number of aryl methyl sites for hydroxylation is 1. The number of hydrogen-bond donors (Lipinski definition) is 2. The molecule has 2 N–H and O–H groups in total. The van der Waals surface area contributed by atoms with Gasteiger partial charge in [0.1, 0.15) is 23.3 Å². The maximum atomic E-state index is 13.2. The van der Waals surface area contributed by atoms with Crippen LogP contribution in [0.2, 0.25) is 0 Å². The van der Waals surface area contributed by atoms with Gasteiger partial charge in [0.15, 0.2) is 0 Å². The Morgan fingerprint density at radius 2 is 1.60 bits per heavy atom. The quantitative estimate of drug-likeness (QED) is 0.263. The Hall–Kier alpha value is -4.81. The molecule has 0 spiro atoms. The van der Waals surface area contributed by atoms with Gasteiger partial charge in [-0.05, 0) is 106 Å². The normalized spacial score (nSPS) is 19.9. The van der Waals surface area contributed by atoms with E-state index in [4.69, 9.17) is 9.47 Å². The third-order valence-corrected chi connectivity index (χ3v) is 11.5. The van der Waals surface area contributed by atoms with Gasteiger partial charge in [0.25, 0.3) is 5.56 Å². The second kappa shape index (κ2) is 16.1. The summed E-state index contributed by atoms with van der Waals surface area (Å²) >= 11 is 0. The molecule has 2 amide bonds. The first-order valence-corrected chi connectivity index (χ1v) is 18.8. The minimum absolute atomic E-state index is 0.0225. The van der Waals surface area contributed by atoms with E-state index in [-0.39, 0.29) is 23.4 Å². The summed E-state index contributed by atoms with van der Waals surface area (Å²) in [6, 6.07) is 12.0. The highest BCUT2D eigenvalue weighted by atomic mass is 16.5. The average molecular weight is 723 g/mol. The van der Waals surface area contributed by atoms with Gasteiger partial charge in [-0.3, -0.25) is 39.3 Å². The average Bonchev–Trinajstić information content (AvgIpc) is 3.66. The molecule has 53 heavy (non-hydrogen) atoms. The fourth-order valence-electron chi connectivity index (χ4n) is 8.38. The monoisotopic (exact) mass is 722 g/mol. The minimum Gasteiger partial charge on any atom is -0.496 e. The Bertz CT molecular complexity index is 1910. The van der Waals surface area contributed by atoms with Crippen molar-refractivity contribution in [2.24, 2.45) is 18.0 Å². The highest BCUT2D eigenvalue weighted by molar-refractivity contribution is 6.01. The molecule has 3 aromatic rings. The number of likely N-dealkylation sites (tertiary alicyclic amines) is 2. The first kappa shape index (κ1) is 36.5. The summed E-state index contributed by atoms with van der Waals surface area (Å²) in [7, 11) is 5.12. The molecular formula is C41H50N6O6.